The number of carbonyl (C=O) groups is 2. The molecule has 0 bridgehead atoms. The van der Waals surface area contributed by atoms with Gasteiger partial charge in [0.15, 0.2) is 0 Å². The van der Waals surface area contributed by atoms with Crippen molar-refractivity contribution in [1.82, 2.24) is 0 Å². The van der Waals surface area contributed by atoms with Crippen molar-refractivity contribution in [2.24, 2.45) is 11.7 Å². The first-order valence-electron chi connectivity index (χ1n) is 7.35. The van der Waals surface area contributed by atoms with E-state index in [2.05, 4.69) is 10.6 Å². The number of benzene rings is 1. The van der Waals surface area contributed by atoms with Gasteiger partial charge >= 0.3 is 0 Å². The first kappa shape index (κ1) is 17.2. The summed E-state index contributed by atoms with van der Waals surface area (Å²) in [4.78, 5) is 23.5. The summed E-state index contributed by atoms with van der Waals surface area (Å²) in [5, 5.41) is 5.62. The molecule has 0 saturated heterocycles. The predicted molar refractivity (Wildman–Crippen MR) is 86.2 cm³/mol. The van der Waals surface area contributed by atoms with E-state index in [-0.39, 0.29) is 17.7 Å². The van der Waals surface area contributed by atoms with Crippen LogP contribution in [0.15, 0.2) is 18.2 Å². The van der Waals surface area contributed by atoms with Gasteiger partial charge in [-0.25, -0.2) is 0 Å². The number of nitrogens with two attached hydrogens (primary N) is 1. The van der Waals surface area contributed by atoms with Crippen LogP contribution in [-0.2, 0) is 9.59 Å². The van der Waals surface area contributed by atoms with Gasteiger partial charge in [0.05, 0.1) is 6.04 Å². The molecule has 2 unspecified atom stereocenters. The lowest BCUT2D eigenvalue weighted by molar-refractivity contribution is -0.118. The lowest BCUT2D eigenvalue weighted by Crippen LogP contribution is -2.40. The highest BCUT2D eigenvalue weighted by Crippen LogP contribution is 2.21. The maximum absolute atomic E-state index is 12.1. The lowest BCUT2D eigenvalue weighted by atomic mass is 9.99. The minimum atomic E-state index is -0.539. The lowest BCUT2D eigenvalue weighted by Gasteiger charge is -2.19. The minimum absolute atomic E-state index is 0.0626. The van der Waals surface area contributed by atoms with Crippen molar-refractivity contribution < 1.29 is 9.59 Å². The van der Waals surface area contributed by atoms with Crippen molar-refractivity contribution >= 4 is 23.2 Å². The van der Waals surface area contributed by atoms with Gasteiger partial charge in [0.25, 0.3) is 0 Å². The topological polar surface area (TPSA) is 84.2 Å². The Labute approximate surface area is 126 Å². The molecule has 5 nitrogen and oxygen atoms in total. The molecule has 0 spiro atoms. The Balaban J connectivity index is 2.85. The Kier molecular flexibility index (Phi) is 6.37. The monoisotopic (exact) mass is 291 g/mol. The Morgan fingerprint density at radius 1 is 1.24 bits per heavy atom. The molecular weight excluding hydrogens is 266 g/mol. The van der Waals surface area contributed by atoms with Gasteiger partial charge < -0.3 is 16.4 Å². The molecule has 21 heavy (non-hydrogen) atoms. The molecule has 0 aromatic heterocycles. The molecule has 1 aromatic rings. The van der Waals surface area contributed by atoms with Gasteiger partial charge in [0, 0.05) is 17.8 Å². The van der Waals surface area contributed by atoms with Crippen LogP contribution >= 0.6 is 0 Å². The van der Waals surface area contributed by atoms with Crippen LogP contribution in [0.25, 0.3) is 0 Å². The molecule has 0 heterocycles. The van der Waals surface area contributed by atoms with Gasteiger partial charge in [-0.1, -0.05) is 33.3 Å². The first-order chi connectivity index (χ1) is 9.88. The number of anilines is 2. The van der Waals surface area contributed by atoms with Crippen molar-refractivity contribution in [3.8, 4) is 0 Å². The zero-order valence-corrected chi connectivity index (χ0v) is 13.2. The maximum atomic E-state index is 12.1. The summed E-state index contributed by atoms with van der Waals surface area (Å²) >= 11 is 0. The summed E-state index contributed by atoms with van der Waals surface area (Å²) in [6.45, 7) is 7.64. The van der Waals surface area contributed by atoms with Crippen LogP contribution in [0, 0.1) is 12.8 Å². The van der Waals surface area contributed by atoms with E-state index in [0.717, 1.165) is 12.0 Å². The van der Waals surface area contributed by atoms with Gasteiger partial charge in [-0.05, 0) is 30.5 Å². The van der Waals surface area contributed by atoms with E-state index >= 15 is 0 Å². The van der Waals surface area contributed by atoms with Gasteiger partial charge in [-0.15, -0.1) is 0 Å². The Morgan fingerprint density at radius 2 is 1.90 bits per heavy atom. The minimum Gasteiger partial charge on any atom is -0.326 e. The number of rotatable bonds is 6. The predicted octanol–water partition coefficient (Wildman–Crippen LogP) is 2.66. The van der Waals surface area contributed by atoms with Gasteiger partial charge in [0.2, 0.25) is 11.8 Å². The fourth-order valence-corrected chi connectivity index (χ4v) is 1.81. The molecule has 2 atom stereocenters. The van der Waals surface area contributed by atoms with E-state index in [4.69, 9.17) is 5.73 Å². The first-order valence-corrected chi connectivity index (χ1v) is 7.35. The van der Waals surface area contributed by atoms with E-state index in [1.165, 1.54) is 0 Å². The highest BCUT2D eigenvalue weighted by molar-refractivity contribution is 5.97. The van der Waals surface area contributed by atoms with Crippen molar-refractivity contribution in [3.63, 3.8) is 0 Å². The third-order valence-electron chi connectivity index (χ3n) is 3.66. The van der Waals surface area contributed by atoms with Crippen LogP contribution < -0.4 is 16.4 Å². The normalized spacial score (nSPS) is 13.4. The molecule has 1 aromatic carbocycles. The fraction of sp³-hybridized carbons (Fsp3) is 0.500. The van der Waals surface area contributed by atoms with E-state index in [1.807, 2.05) is 32.9 Å². The largest absolute Gasteiger partial charge is 0.326 e. The van der Waals surface area contributed by atoms with Crippen LogP contribution in [0.3, 0.4) is 0 Å². The van der Waals surface area contributed by atoms with Crippen molar-refractivity contribution in [2.75, 3.05) is 10.6 Å². The molecule has 5 heteroatoms. The van der Waals surface area contributed by atoms with Crippen LogP contribution in [0.4, 0.5) is 11.4 Å². The quantitative estimate of drug-likeness (QED) is 0.753. The SMILES string of the molecule is CCC(=O)Nc1ccc(C)c(NC(=O)C(N)C(C)CC)c1. The summed E-state index contributed by atoms with van der Waals surface area (Å²) in [6, 6.07) is 4.88. The molecule has 4 N–H and O–H groups in total. The van der Waals surface area contributed by atoms with Crippen LogP contribution in [0.1, 0.15) is 39.2 Å². The molecule has 1 rings (SSSR count). The van der Waals surface area contributed by atoms with E-state index < -0.39 is 6.04 Å². The zero-order valence-electron chi connectivity index (χ0n) is 13.2. The average molecular weight is 291 g/mol. The summed E-state index contributed by atoms with van der Waals surface area (Å²) in [5.74, 6) is -0.146. The number of hydrogen-bond acceptors (Lipinski definition) is 3. The van der Waals surface area contributed by atoms with Crippen molar-refractivity contribution in [2.45, 2.75) is 46.6 Å². The molecule has 0 aliphatic carbocycles. The number of carbonyl (C=O) groups excluding carboxylic acids is 2. The van der Waals surface area contributed by atoms with Crippen molar-refractivity contribution in [3.05, 3.63) is 23.8 Å². The average Bonchev–Trinajstić information content (AvgIpc) is 2.48. The van der Waals surface area contributed by atoms with E-state index in [9.17, 15) is 9.59 Å². The summed E-state index contributed by atoms with van der Waals surface area (Å²) in [6.07, 6.45) is 1.26. The van der Waals surface area contributed by atoms with Crippen LogP contribution in [0.5, 0.6) is 0 Å². The highest BCUT2D eigenvalue weighted by Gasteiger charge is 2.20. The summed E-state index contributed by atoms with van der Waals surface area (Å²) in [5.41, 5.74) is 8.19. The third kappa shape index (κ3) is 4.86. The highest BCUT2D eigenvalue weighted by atomic mass is 16.2. The fourth-order valence-electron chi connectivity index (χ4n) is 1.81. The zero-order chi connectivity index (χ0) is 16.0. The van der Waals surface area contributed by atoms with Gasteiger partial charge in [0.1, 0.15) is 0 Å². The van der Waals surface area contributed by atoms with E-state index in [0.29, 0.717) is 17.8 Å². The van der Waals surface area contributed by atoms with Gasteiger partial charge in [-0.2, -0.15) is 0 Å². The number of hydrogen-bond donors (Lipinski definition) is 3. The number of nitrogens with one attached hydrogen (secondary N) is 2. The Bertz CT molecular complexity index is 514. The molecule has 0 aliphatic heterocycles. The standard InChI is InChI=1S/C16H25N3O2/c1-5-10(3)15(17)16(21)19-13-9-12(8-7-11(13)4)18-14(20)6-2/h7-10,15H,5-6,17H2,1-4H3,(H,18,20)(H,19,21). The van der Waals surface area contributed by atoms with E-state index in [1.54, 1.807) is 13.0 Å². The second-order valence-corrected chi connectivity index (χ2v) is 5.33. The molecule has 0 saturated carbocycles. The summed E-state index contributed by atoms with van der Waals surface area (Å²) in [7, 11) is 0. The van der Waals surface area contributed by atoms with Crippen LogP contribution in [-0.4, -0.2) is 17.9 Å². The molecule has 0 fully saturated rings. The van der Waals surface area contributed by atoms with Crippen molar-refractivity contribution in [1.29, 1.82) is 0 Å². The molecule has 0 aliphatic rings. The number of amides is 2. The second-order valence-electron chi connectivity index (χ2n) is 5.33. The third-order valence-corrected chi connectivity index (χ3v) is 3.66. The van der Waals surface area contributed by atoms with Gasteiger partial charge in [-0.3, -0.25) is 9.59 Å². The Hall–Kier alpha value is -1.88. The smallest absolute Gasteiger partial charge is 0.241 e. The van der Waals surface area contributed by atoms with Crippen LogP contribution in [0.2, 0.25) is 0 Å². The molecule has 116 valence electrons. The molecule has 2 amide bonds. The molecular formula is C16H25N3O2. The maximum Gasteiger partial charge on any atom is 0.241 e. The summed E-state index contributed by atoms with van der Waals surface area (Å²) < 4.78 is 0. The number of aryl methyl sites for hydroxylation is 1. The second kappa shape index (κ2) is 7.78. The molecule has 0 radical (unpaired) electrons. The Morgan fingerprint density at radius 3 is 2.48 bits per heavy atom.